The van der Waals surface area contributed by atoms with E-state index in [2.05, 4.69) is 22.4 Å². The molecule has 0 atom stereocenters. The van der Waals surface area contributed by atoms with Crippen molar-refractivity contribution in [3.63, 3.8) is 0 Å². The number of nitrogens with zero attached hydrogens (tertiary/aromatic N) is 6. The van der Waals surface area contributed by atoms with Crippen molar-refractivity contribution < 1.29 is 29.2 Å². The van der Waals surface area contributed by atoms with Gasteiger partial charge in [-0.2, -0.15) is 0 Å². The molecule has 170 valence electrons. The summed E-state index contributed by atoms with van der Waals surface area (Å²) in [6.07, 6.45) is 4.44. The zero-order valence-corrected chi connectivity index (χ0v) is 19.6. The van der Waals surface area contributed by atoms with Crippen molar-refractivity contribution in [1.82, 2.24) is 29.1 Å². The number of hydrogen-bond donors (Lipinski definition) is 0. The molecule has 0 N–H and O–H groups in total. The average Bonchev–Trinajstić information content (AvgIpc) is 3.41. The average molecular weight is 545 g/mol. The van der Waals surface area contributed by atoms with Gasteiger partial charge < -0.3 is 9.13 Å². The van der Waals surface area contributed by atoms with Crippen LogP contribution in [0.15, 0.2) is 60.7 Å². The standard InChI is InChI=1S/C25H16F2N6.Pd/c1-25(2)19-9-5-11-21(30-19)32-13-17(28-23(32)26)15-7-3-4-8-16(15)18-14-33(24(27)29-18)22-12-6-10-20(25)31-22;/h3-12H,1-2H3;/q-2;+2. The van der Waals surface area contributed by atoms with Gasteiger partial charge in [0.1, 0.15) is 0 Å². The SMILES string of the molecule is CC1(C)c2cccc(n2)-n2[c-]c(nc2F)-c2ccccc2-c2[c-]n(c(F)n2)-c2cccc1n2.[Pd+2]. The summed E-state index contributed by atoms with van der Waals surface area (Å²) in [5.41, 5.74) is 2.28. The summed E-state index contributed by atoms with van der Waals surface area (Å²) in [6, 6.07) is 17.8. The van der Waals surface area contributed by atoms with E-state index in [1.54, 1.807) is 48.5 Å². The smallest absolute Gasteiger partial charge is 0.381 e. The Morgan fingerprint density at radius 1 is 0.647 bits per heavy atom. The molecule has 0 fully saturated rings. The van der Waals surface area contributed by atoms with Crippen LogP contribution in [-0.2, 0) is 25.8 Å². The molecule has 0 spiro atoms. The quantitative estimate of drug-likeness (QED) is 0.210. The molecule has 34 heavy (non-hydrogen) atoms. The van der Waals surface area contributed by atoms with E-state index in [1.165, 1.54) is 9.13 Å². The monoisotopic (exact) mass is 544 g/mol. The van der Waals surface area contributed by atoms with Crippen molar-refractivity contribution in [3.05, 3.63) is 96.6 Å². The van der Waals surface area contributed by atoms with Gasteiger partial charge in [-0.15, -0.1) is 23.3 Å². The second-order valence-corrected chi connectivity index (χ2v) is 8.29. The third-order valence-corrected chi connectivity index (χ3v) is 5.86. The zero-order valence-electron chi connectivity index (χ0n) is 18.0. The minimum atomic E-state index is -0.754. The molecule has 4 aromatic heterocycles. The van der Waals surface area contributed by atoms with E-state index in [1.807, 2.05) is 26.0 Å². The summed E-state index contributed by atoms with van der Waals surface area (Å²) in [5, 5.41) is 0. The first-order chi connectivity index (χ1) is 15.9. The Labute approximate surface area is 208 Å². The van der Waals surface area contributed by atoms with E-state index in [4.69, 9.17) is 9.97 Å². The van der Waals surface area contributed by atoms with Gasteiger partial charge in [0, 0.05) is 16.8 Å². The van der Waals surface area contributed by atoms with Crippen molar-refractivity contribution in [3.8, 4) is 34.2 Å². The minimum absolute atomic E-state index is 0. The molecule has 0 aliphatic carbocycles. The molecule has 6 rings (SSSR count). The first-order valence-electron chi connectivity index (χ1n) is 10.3. The number of halogens is 2. The van der Waals surface area contributed by atoms with Gasteiger partial charge in [0.15, 0.2) is 0 Å². The van der Waals surface area contributed by atoms with Crippen LogP contribution in [0.4, 0.5) is 8.78 Å². The third-order valence-electron chi connectivity index (χ3n) is 5.86. The van der Waals surface area contributed by atoms with Crippen LogP contribution in [0.25, 0.3) is 34.2 Å². The van der Waals surface area contributed by atoms with E-state index in [9.17, 15) is 8.78 Å². The molecule has 1 aliphatic heterocycles. The van der Waals surface area contributed by atoms with Crippen LogP contribution in [0.5, 0.6) is 0 Å². The third kappa shape index (κ3) is 3.40. The fraction of sp³-hybridized carbons (Fsp3) is 0.120. The van der Waals surface area contributed by atoms with Crippen molar-refractivity contribution in [2.45, 2.75) is 19.3 Å². The normalized spacial score (nSPS) is 13.3. The molecule has 0 unspecified atom stereocenters. The molecular formula is C25H16F2N6Pd. The number of rotatable bonds is 0. The van der Waals surface area contributed by atoms with E-state index >= 15 is 0 Å². The van der Waals surface area contributed by atoms with Crippen LogP contribution in [0.1, 0.15) is 25.2 Å². The maximum absolute atomic E-state index is 15.0. The molecule has 1 aromatic carbocycles. The maximum atomic E-state index is 15.0. The van der Waals surface area contributed by atoms with E-state index < -0.39 is 17.6 Å². The fourth-order valence-corrected chi connectivity index (χ4v) is 4.00. The van der Waals surface area contributed by atoms with Crippen LogP contribution in [-0.4, -0.2) is 29.1 Å². The zero-order chi connectivity index (χ0) is 22.7. The second-order valence-electron chi connectivity index (χ2n) is 8.29. The Morgan fingerprint density at radius 2 is 1.09 bits per heavy atom. The van der Waals surface area contributed by atoms with Gasteiger partial charge in [-0.05, 0) is 49.8 Å². The second kappa shape index (κ2) is 8.05. The Kier molecular flexibility index (Phi) is 5.27. The molecule has 0 saturated heterocycles. The first-order valence-corrected chi connectivity index (χ1v) is 10.3. The summed E-state index contributed by atoms with van der Waals surface area (Å²) >= 11 is 0. The van der Waals surface area contributed by atoms with Crippen LogP contribution in [0.2, 0.25) is 0 Å². The number of imidazole rings is 2. The number of fused-ring (bicyclic) bond motifs is 13. The summed E-state index contributed by atoms with van der Waals surface area (Å²) in [5.74, 6) is 0.695. The van der Waals surface area contributed by atoms with E-state index in [0.717, 1.165) is 0 Å². The maximum Gasteiger partial charge on any atom is 2.00 e. The molecule has 0 amide bonds. The van der Waals surface area contributed by atoms with Crippen molar-refractivity contribution in [1.29, 1.82) is 0 Å². The topological polar surface area (TPSA) is 61.4 Å². The van der Waals surface area contributed by atoms with Crippen LogP contribution in [0, 0.1) is 24.6 Å². The van der Waals surface area contributed by atoms with Crippen LogP contribution in [0.3, 0.4) is 0 Å². The summed E-state index contributed by atoms with van der Waals surface area (Å²) in [6.45, 7) is 3.91. The Hall–Kier alpha value is -3.54. The summed E-state index contributed by atoms with van der Waals surface area (Å²) < 4.78 is 32.3. The van der Waals surface area contributed by atoms with Crippen LogP contribution < -0.4 is 0 Å². The van der Waals surface area contributed by atoms with Gasteiger partial charge in [-0.1, -0.05) is 36.4 Å². The summed E-state index contributed by atoms with van der Waals surface area (Å²) in [4.78, 5) is 17.5. The van der Waals surface area contributed by atoms with Crippen molar-refractivity contribution in [2.75, 3.05) is 0 Å². The van der Waals surface area contributed by atoms with E-state index in [0.29, 0.717) is 34.2 Å². The molecular weight excluding hydrogens is 529 g/mol. The summed E-state index contributed by atoms with van der Waals surface area (Å²) in [7, 11) is 0. The number of benzene rings is 1. The van der Waals surface area contributed by atoms with Gasteiger partial charge in [0.25, 0.3) is 0 Å². The van der Waals surface area contributed by atoms with Crippen LogP contribution >= 0.6 is 0 Å². The Bertz CT molecular complexity index is 1430. The van der Waals surface area contributed by atoms with Crippen molar-refractivity contribution >= 4 is 0 Å². The Morgan fingerprint density at radius 3 is 1.53 bits per heavy atom. The largest absolute Gasteiger partial charge is 2.00 e. The van der Waals surface area contributed by atoms with E-state index in [-0.39, 0.29) is 31.8 Å². The van der Waals surface area contributed by atoms with Gasteiger partial charge in [-0.3, -0.25) is 19.9 Å². The first kappa shape index (κ1) is 22.3. The molecule has 8 bridgehead atoms. The van der Waals surface area contributed by atoms with Crippen molar-refractivity contribution in [2.24, 2.45) is 0 Å². The molecule has 5 heterocycles. The Balaban J connectivity index is 0.00000241. The van der Waals surface area contributed by atoms with Gasteiger partial charge in [0.2, 0.25) is 12.2 Å². The van der Waals surface area contributed by atoms with Gasteiger partial charge in [0.05, 0.1) is 11.6 Å². The number of hydrogen-bond acceptors (Lipinski definition) is 4. The molecule has 9 heteroatoms. The molecule has 5 aromatic rings. The fourth-order valence-electron chi connectivity index (χ4n) is 4.00. The predicted molar refractivity (Wildman–Crippen MR) is 117 cm³/mol. The molecule has 0 radical (unpaired) electrons. The molecule has 6 nitrogen and oxygen atoms in total. The van der Waals surface area contributed by atoms with Gasteiger partial charge >= 0.3 is 20.4 Å². The predicted octanol–water partition coefficient (Wildman–Crippen LogP) is 4.70. The minimum Gasteiger partial charge on any atom is -0.381 e. The number of pyridine rings is 2. The number of aromatic nitrogens is 6. The molecule has 1 aliphatic rings. The van der Waals surface area contributed by atoms with Gasteiger partial charge in [-0.25, -0.2) is 8.78 Å². The molecule has 0 saturated carbocycles.